The third-order valence-corrected chi connectivity index (χ3v) is 8.02. The zero-order valence-corrected chi connectivity index (χ0v) is 32.7. The number of amides is 6. The van der Waals surface area contributed by atoms with Crippen LogP contribution in [0.5, 0.6) is 0 Å². The highest BCUT2D eigenvalue weighted by molar-refractivity contribution is 6.12. The highest BCUT2D eigenvalue weighted by atomic mass is 19.3. The van der Waals surface area contributed by atoms with Gasteiger partial charge in [-0.15, -0.1) is 0 Å². The van der Waals surface area contributed by atoms with Crippen molar-refractivity contribution in [1.29, 1.82) is 0 Å². The van der Waals surface area contributed by atoms with Gasteiger partial charge in [0.2, 0.25) is 23.5 Å². The molecule has 1 aromatic rings. The number of methoxy groups -OCH3 is 1. The number of nitrogens with one attached hydrogen (secondary N) is 4. The van der Waals surface area contributed by atoms with Crippen molar-refractivity contribution in [2.75, 3.05) is 13.7 Å². The Morgan fingerprint density at radius 3 is 1.82 bits per heavy atom. The molecule has 0 saturated heterocycles. The number of hydrogen-bond donors (Lipinski definition) is 6. The summed E-state index contributed by atoms with van der Waals surface area (Å²) in [5, 5.41) is 17.8. The van der Waals surface area contributed by atoms with Gasteiger partial charge in [0.15, 0.2) is 0 Å². The highest BCUT2D eigenvalue weighted by Gasteiger charge is 2.52. The third-order valence-electron chi connectivity index (χ3n) is 8.02. The average Bonchev–Trinajstić information content (AvgIpc) is 3.10. The van der Waals surface area contributed by atoms with Crippen LogP contribution in [0, 0.1) is 11.8 Å². The minimum atomic E-state index is -4.87. The van der Waals surface area contributed by atoms with Gasteiger partial charge in [-0.25, -0.2) is 14.5 Å². The van der Waals surface area contributed by atoms with E-state index in [0.717, 1.165) is 21.0 Å². The fraction of sp³-hybridized carbons (Fsp3) is 0.611. The number of esters is 1. The molecule has 0 spiro atoms. The summed E-state index contributed by atoms with van der Waals surface area (Å²) in [5.74, 6) is -15.7. The Labute approximate surface area is 318 Å². The van der Waals surface area contributed by atoms with E-state index < -0.39 is 120 Å². The van der Waals surface area contributed by atoms with Gasteiger partial charge in [0.1, 0.15) is 35.8 Å². The predicted molar refractivity (Wildman–Crippen MR) is 193 cm³/mol. The normalized spacial score (nSPS) is 15.0. The second-order valence-electron chi connectivity index (χ2n) is 14.5. The van der Waals surface area contributed by atoms with Gasteiger partial charge >= 0.3 is 18.0 Å². The molecule has 308 valence electrons. The first-order valence-corrected chi connectivity index (χ1v) is 17.5. The molecular weight excluding hydrogens is 730 g/mol. The molecule has 1 rings (SSSR count). The molecule has 55 heavy (non-hydrogen) atoms. The van der Waals surface area contributed by atoms with E-state index in [1.54, 1.807) is 19.9 Å². The van der Waals surface area contributed by atoms with Crippen LogP contribution in [0.1, 0.15) is 67.9 Å². The van der Waals surface area contributed by atoms with Gasteiger partial charge < -0.3 is 41.6 Å². The Balaban J connectivity index is 3.54. The molecule has 0 aliphatic carbocycles. The topological polar surface area (TPSA) is 253 Å². The van der Waals surface area contributed by atoms with Crippen molar-refractivity contribution >= 4 is 47.4 Å². The lowest BCUT2D eigenvalue weighted by Gasteiger charge is -2.32. The number of Topliss-reactive ketones (excluding diaryl/α,β-unsaturated/α-hetero) is 1. The summed E-state index contributed by atoms with van der Waals surface area (Å²) < 4.78 is 41.7. The first-order valence-electron chi connectivity index (χ1n) is 17.5. The summed E-state index contributed by atoms with van der Waals surface area (Å²) in [6, 6.07) is -2.25. The standard InChI is InChI=1S/C36H54F2N6O11/c1-18(2)25(30(49)42-26(19(3)4)32(51)54-10)43-33(52)36(37,38)27(46)24(16-22-14-12-11-13-15-22)41-28(47)21(6)44(34(53)55-35(7,8)9)31(50)20(5)40-29(48)23(39)17-45/h11-15,18-21,23-26,45H,16-17,39H2,1-10H3,(H,40,48)(H,41,47)(H,42,49)(H,43,52)/t20-,21-,23-,24?,25-,26-/m0/s1. The van der Waals surface area contributed by atoms with Crippen molar-refractivity contribution in [3.63, 3.8) is 0 Å². The Bertz CT molecular complexity index is 1550. The molecule has 1 aromatic carbocycles. The number of aliphatic hydroxyl groups is 1. The summed E-state index contributed by atoms with van der Waals surface area (Å²) >= 11 is 0. The van der Waals surface area contributed by atoms with Crippen molar-refractivity contribution < 1.29 is 61.7 Å². The van der Waals surface area contributed by atoms with Crippen LogP contribution < -0.4 is 27.0 Å². The first kappa shape index (κ1) is 48.0. The third kappa shape index (κ3) is 14.0. The van der Waals surface area contributed by atoms with Crippen LogP contribution in [0.25, 0.3) is 0 Å². The van der Waals surface area contributed by atoms with Gasteiger partial charge in [-0.3, -0.25) is 28.8 Å². The van der Waals surface area contributed by atoms with Gasteiger partial charge in [0.05, 0.1) is 19.8 Å². The highest BCUT2D eigenvalue weighted by Crippen LogP contribution is 2.22. The Hall–Kier alpha value is -5.04. The van der Waals surface area contributed by atoms with Gasteiger partial charge in [-0.1, -0.05) is 58.0 Å². The van der Waals surface area contributed by atoms with Gasteiger partial charge in [-0.2, -0.15) is 8.78 Å². The van der Waals surface area contributed by atoms with Crippen LogP contribution in [-0.4, -0.2) is 119 Å². The number of nitrogens with two attached hydrogens (primary N) is 1. The van der Waals surface area contributed by atoms with Crippen molar-refractivity contribution in [2.24, 2.45) is 17.6 Å². The summed E-state index contributed by atoms with van der Waals surface area (Å²) in [5.41, 5.74) is 4.55. The second-order valence-corrected chi connectivity index (χ2v) is 14.5. The lowest BCUT2D eigenvalue weighted by atomic mass is 9.96. The number of hydrogen-bond acceptors (Lipinski definition) is 12. The Morgan fingerprint density at radius 1 is 0.800 bits per heavy atom. The molecule has 6 atom stereocenters. The maximum absolute atomic E-state index is 15.9. The monoisotopic (exact) mass is 784 g/mol. The number of halogens is 2. The minimum absolute atomic E-state index is 0.267. The molecule has 6 amide bonds. The average molecular weight is 785 g/mol. The summed E-state index contributed by atoms with van der Waals surface area (Å²) in [6.07, 6.45) is -1.95. The molecule has 0 saturated carbocycles. The van der Waals surface area contributed by atoms with Gasteiger partial charge in [0, 0.05) is 6.42 Å². The maximum atomic E-state index is 15.9. The van der Waals surface area contributed by atoms with E-state index in [-0.39, 0.29) is 5.56 Å². The number of ketones is 1. The quantitative estimate of drug-likeness (QED) is 0.0872. The number of alkyl halides is 2. The maximum Gasteiger partial charge on any atom is 0.417 e. The zero-order valence-electron chi connectivity index (χ0n) is 32.7. The van der Waals surface area contributed by atoms with Gasteiger partial charge in [0.25, 0.3) is 11.8 Å². The molecule has 17 nitrogen and oxygen atoms in total. The zero-order chi connectivity index (χ0) is 42.6. The fourth-order valence-corrected chi connectivity index (χ4v) is 4.86. The summed E-state index contributed by atoms with van der Waals surface area (Å²) in [4.78, 5) is 105. The Kier molecular flexibility index (Phi) is 18.0. The van der Waals surface area contributed by atoms with Crippen molar-refractivity contribution in [2.45, 2.75) is 117 Å². The van der Waals surface area contributed by atoms with E-state index in [1.165, 1.54) is 58.9 Å². The van der Waals surface area contributed by atoms with Crippen LogP contribution in [-0.2, 0) is 49.5 Å². The predicted octanol–water partition coefficient (Wildman–Crippen LogP) is 0.349. The van der Waals surface area contributed by atoms with Crippen LogP contribution in [0.3, 0.4) is 0 Å². The van der Waals surface area contributed by atoms with Crippen LogP contribution in [0.2, 0.25) is 0 Å². The molecule has 19 heteroatoms. The molecular formula is C36H54F2N6O11. The van der Waals surface area contributed by atoms with E-state index in [4.69, 9.17) is 10.5 Å². The molecule has 0 heterocycles. The number of ether oxygens (including phenoxy) is 2. The van der Waals surface area contributed by atoms with Crippen LogP contribution >= 0.6 is 0 Å². The number of carbonyl (C=O) groups is 8. The number of imide groups is 1. The van der Waals surface area contributed by atoms with E-state index in [0.29, 0.717) is 4.90 Å². The fourth-order valence-electron chi connectivity index (χ4n) is 4.86. The van der Waals surface area contributed by atoms with E-state index in [1.807, 2.05) is 5.32 Å². The molecule has 0 aliphatic rings. The number of rotatable bonds is 18. The molecule has 0 fully saturated rings. The van der Waals surface area contributed by atoms with Gasteiger partial charge in [-0.05, 0) is 52.0 Å². The van der Waals surface area contributed by atoms with E-state index in [2.05, 4.69) is 20.7 Å². The molecule has 1 unspecified atom stereocenters. The van der Waals surface area contributed by atoms with Crippen LogP contribution in [0.15, 0.2) is 30.3 Å². The number of benzene rings is 1. The van der Waals surface area contributed by atoms with Crippen LogP contribution in [0.4, 0.5) is 13.6 Å². The smallest absolute Gasteiger partial charge is 0.417 e. The van der Waals surface area contributed by atoms with E-state index in [9.17, 15) is 43.5 Å². The number of aliphatic hydroxyl groups excluding tert-OH is 1. The molecule has 0 bridgehead atoms. The lowest BCUT2D eigenvalue weighted by molar-refractivity contribution is -0.161. The molecule has 0 radical (unpaired) electrons. The largest absolute Gasteiger partial charge is 0.467 e. The van der Waals surface area contributed by atoms with Crippen molar-refractivity contribution in [1.82, 2.24) is 26.2 Å². The Morgan fingerprint density at radius 2 is 1.35 bits per heavy atom. The summed E-state index contributed by atoms with van der Waals surface area (Å²) in [7, 11) is 1.09. The van der Waals surface area contributed by atoms with Crippen molar-refractivity contribution in [3.8, 4) is 0 Å². The number of carbonyl (C=O) groups excluding carboxylic acids is 8. The van der Waals surface area contributed by atoms with E-state index >= 15 is 8.78 Å². The first-order chi connectivity index (χ1) is 25.3. The number of nitrogens with zero attached hydrogens (tertiary/aromatic N) is 1. The van der Waals surface area contributed by atoms with Crippen molar-refractivity contribution in [3.05, 3.63) is 35.9 Å². The molecule has 0 aromatic heterocycles. The SMILES string of the molecule is COC(=O)[C@@H](NC(=O)[C@@H](NC(=O)C(F)(F)C(=O)C(Cc1ccccc1)NC(=O)[C@H](C)N(C(=O)OC(C)(C)C)C(=O)[C@H](C)NC(=O)[C@@H](N)CO)C(C)C)C(C)C. The molecule has 0 aliphatic heterocycles. The minimum Gasteiger partial charge on any atom is -0.467 e. The second kappa shape index (κ2) is 20.6. The summed E-state index contributed by atoms with van der Waals surface area (Å²) in [6.45, 7) is 11.8. The lowest BCUT2D eigenvalue weighted by Crippen LogP contribution is -2.62. The molecule has 7 N–H and O–H groups in total.